The fourth-order valence-electron chi connectivity index (χ4n) is 2.52. The molecule has 3 aromatic rings. The van der Waals surface area contributed by atoms with Crippen LogP contribution in [0.1, 0.15) is 15.9 Å². The minimum absolute atomic E-state index is 0.0148. The van der Waals surface area contributed by atoms with E-state index in [1.165, 1.54) is 25.3 Å². The van der Waals surface area contributed by atoms with Crippen LogP contribution in [0.25, 0.3) is 0 Å². The molecule has 0 aromatic heterocycles. The number of benzene rings is 3. The lowest BCUT2D eigenvalue weighted by Crippen LogP contribution is -2.14. The Hall–Kier alpha value is -2.48. The Labute approximate surface area is 179 Å². The molecule has 0 saturated carbocycles. The highest BCUT2D eigenvalue weighted by atomic mass is 35.5. The number of hydrogen-bond acceptors (Lipinski definition) is 5. The molecule has 0 atom stereocenters. The maximum atomic E-state index is 12.7. The molecular weight excluding hydrogens is 430 g/mol. The highest BCUT2D eigenvalue weighted by Crippen LogP contribution is 2.27. The maximum absolute atomic E-state index is 12.7. The zero-order chi connectivity index (χ0) is 20.9. The number of nitrogens with one attached hydrogen (secondary N) is 1. The molecule has 3 aromatic carbocycles. The second-order valence-electron chi connectivity index (χ2n) is 6.04. The third-order valence-corrected chi connectivity index (χ3v) is 6.94. The average molecular weight is 448 g/mol. The van der Waals surface area contributed by atoms with Gasteiger partial charge in [-0.05, 0) is 48.0 Å². The van der Waals surface area contributed by atoms with Gasteiger partial charge >= 0.3 is 5.97 Å². The smallest absolute Gasteiger partial charge is 0.337 e. The monoisotopic (exact) mass is 447 g/mol. The van der Waals surface area contributed by atoms with Crippen molar-refractivity contribution in [3.63, 3.8) is 0 Å². The highest BCUT2D eigenvalue weighted by Gasteiger charge is 2.20. The lowest BCUT2D eigenvalue weighted by Gasteiger charge is -2.11. The van der Waals surface area contributed by atoms with Crippen molar-refractivity contribution in [2.75, 3.05) is 11.8 Å². The molecule has 150 valence electrons. The van der Waals surface area contributed by atoms with E-state index in [-0.39, 0.29) is 15.5 Å². The Morgan fingerprint density at radius 1 is 1.03 bits per heavy atom. The first kappa shape index (κ1) is 21.2. The summed E-state index contributed by atoms with van der Waals surface area (Å²) in [7, 11) is -2.75. The Balaban J connectivity index is 1.73. The molecule has 0 saturated heterocycles. The number of anilines is 1. The van der Waals surface area contributed by atoms with E-state index >= 15 is 0 Å². The van der Waals surface area contributed by atoms with Gasteiger partial charge in [-0.25, -0.2) is 13.2 Å². The fourth-order valence-corrected chi connectivity index (χ4v) is 4.98. The van der Waals surface area contributed by atoms with Gasteiger partial charge in [0, 0.05) is 16.3 Å². The van der Waals surface area contributed by atoms with Gasteiger partial charge in [-0.15, -0.1) is 11.8 Å². The lowest BCUT2D eigenvalue weighted by atomic mass is 10.2. The van der Waals surface area contributed by atoms with Crippen molar-refractivity contribution in [2.45, 2.75) is 15.5 Å². The number of carbonyl (C=O) groups is 1. The number of thioether (sulfide) groups is 1. The van der Waals surface area contributed by atoms with Crippen LogP contribution in [0, 0.1) is 0 Å². The molecule has 0 spiro atoms. The molecule has 0 radical (unpaired) electrons. The first-order valence-corrected chi connectivity index (χ1v) is 11.4. The van der Waals surface area contributed by atoms with Crippen molar-refractivity contribution < 1.29 is 17.9 Å². The standard InChI is InChI=1S/C21H18ClNO4S2/c1-27-21(24)16-9-12-19(22)20(13-16)29(25,26)23-17-10-7-15(8-11-17)14-28-18-5-3-2-4-6-18/h2-13,23H,14H2,1H3. The molecule has 5 nitrogen and oxygen atoms in total. The summed E-state index contributed by atoms with van der Waals surface area (Å²) < 4.78 is 32.6. The van der Waals surface area contributed by atoms with Crippen LogP contribution in [0.2, 0.25) is 5.02 Å². The second kappa shape index (κ2) is 9.35. The van der Waals surface area contributed by atoms with Crippen LogP contribution in [-0.2, 0) is 20.5 Å². The van der Waals surface area contributed by atoms with Gasteiger partial charge in [-0.3, -0.25) is 4.72 Å². The van der Waals surface area contributed by atoms with Crippen LogP contribution in [0.4, 0.5) is 5.69 Å². The van der Waals surface area contributed by atoms with Gasteiger partial charge in [-0.2, -0.15) is 0 Å². The molecule has 0 bridgehead atoms. The van der Waals surface area contributed by atoms with E-state index in [1.807, 2.05) is 42.5 Å². The van der Waals surface area contributed by atoms with Crippen LogP contribution in [0.5, 0.6) is 0 Å². The van der Waals surface area contributed by atoms with Crippen molar-refractivity contribution in [1.29, 1.82) is 0 Å². The van der Waals surface area contributed by atoms with E-state index in [4.69, 9.17) is 11.6 Å². The van der Waals surface area contributed by atoms with Crippen LogP contribution < -0.4 is 4.72 Å². The normalized spacial score (nSPS) is 11.1. The maximum Gasteiger partial charge on any atom is 0.337 e. The van der Waals surface area contributed by atoms with E-state index in [0.29, 0.717) is 5.69 Å². The van der Waals surface area contributed by atoms with Crippen molar-refractivity contribution in [2.24, 2.45) is 0 Å². The Bertz CT molecular complexity index is 1100. The number of hydrogen-bond donors (Lipinski definition) is 1. The van der Waals surface area contributed by atoms with Crippen molar-refractivity contribution in [1.82, 2.24) is 0 Å². The van der Waals surface area contributed by atoms with E-state index in [0.717, 1.165) is 16.2 Å². The summed E-state index contributed by atoms with van der Waals surface area (Å²) in [6.45, 7) is 0. The summed E-state index contributed by atoms with van der Waals surface area (Å²) in [5.74, 6) is 0.128. The minimum atomic E-state index is -3.97. The zero-order valence-corrected chi connectivity index (χ0v) is 17.9. The van der Waals surface area contributed by atoms with Gasteiger partial charge in [0.2, 0.25) is 0 Å². The number of halogens is 1. The molecule has 0 unspecified atom stereocenters. The van der Waals surface area contributed by atoms with Crippen molar-refractivity contribution >= 4 is 45.0 Å². The molecule has 0 aliphatic carbocycles. The largest absolute Gasteiger partial charge is 0.465 e. The second-order valence-corrected chi connectivity index (χ2v) is 9.15. The van der Waals surface area contributed by atoms with E-state index in [1.54, 1.807) is 23.9 Å². The average Bonchev–Trinajstić information content (AvgIpc) is 2.73. The van der Waals surface area contributed by atoms with Gasteiger partial charge in [0.05, 0.1) is 17.7 Å². The van der Waals surface area contributed by atoms with E-state index < -0.39 is 16.0 Å². The molecule has 0 amide bonds. The first-order valence-electron chi connectivity index (χ1n) is 8.56. The zero-order valence-electron chi connectivity index (χ0n) is 15.5. The van der Waals surface area contributed by atoms with Crippen molar-refractivity contribution in [3.8, 4) is 0 Å². The predicted octanol–water partition coefficient (Wildman–Crippen LogP) is 5.22. The molecule has 3 rings (SSSR count). The topological polar surface area (TPSA) is 72.5 Å². The SMILES string of the molecule is COC(=O)c1ccc(Cl)c(S(=O)(=O)Nc2ccc(CSc3ccccc3)cc2)c1. The Morgan fingerprint density at radius 2 is 1.72 bits per heavy atom. The number of esters is 1. The van der Waals surface area contributed by atoms with Crippen LogP contribution in [-0.4, -0.2) is 21.5 Å². The summed E-state index contributed by atoms with van der Waals surface area (Å²) in [4.78, 5) is 12.7. The molecule has 8 heteroatoms. The van der Waals surface area contributed by atoms with Gasteiger partial charge in [0.1, 0.15) is 4.90 Å². The van der Waals surface area contributed by atoms with Crippen molar-refractivity contribution in [3.05, 3.63) is 88.9 Å². The minimum Gasteiger partial charge on any atom is -0.465 e. The lowest BCUT2D eigenvalue weighted by molar-refractivity contribution is 0.0600. The fraction of sp³-hybridized carbons (Fsp3) is 0.0952. The number of carbonyl (C=O) groups excluding carboxylic acids is 1. The summed E-state index contributed by atoms with van der Waals surface area (Å²) in [6, 6.07) is 21.1. The quantitative estimate of drug-likeness (QED) is 0.397. The summed E-state index contributed by atoms with van der Waals surface area (Å²) in [5.41, 5.74) is 1.57. The Morgan fingerprint density at radius 3 is 2.38 bits per heavy atom. The third-order valence-electron chi connectivity index (χ3n) is 4.00. The highest BCUT2D eigenvalue weighted by molar-refractivity contribution is 7.98. The third kappa shape index (κ3) is 5.53. The molecule has 1 N–H and O–H groups in total. The van der Waals surface area contributed by atoms with E-state index in [2.05, 4.69) is 9.46 Å². The number of ether oxygens (including phenoxy) is 1. The van der Waals surface area contributed by atoms with Crippen LogP contribution in [0.15, 0.2) is 82.6 Å². The molecule has 0 fully saturated rings. The molecule has 0 aliphatic heterocycles. The van der Waals surface area contributed by atoms with Crippen LogP contribution >= 0.6 is 23.4 Å². The van der Waals surface area contributed by atoms with Gasteiger partial charge in [0.15, 0.2) is 0 Å². The van der Waals surface area contributed by atoms with Gasteiger partial charge < -0.3 is 4.74 Å². The van der Waals surface area contributed by atoms with Crippen LogP contribution in [0.3, 0.4) is 0 Å². The summed E-state index contributed by atoms with van der Waals surface area (Å²) >= 11 is 7.74. The Kier molecular flexibility index (Phi) is 6.84. The summed E-state index contributed by atoms with van der Waals surface area (Å²) in [5, 5.41) is 0.0148. The van der Waals surface area contributed by atoms with Gasteiger partial charge in [0.25, 0.3) is 10.0 Å². The first-order chi connectivity index (χ1) is 13.9. The van der Waals surface area contributed by atoms with E-state index in [9.17, 15) is 13.2 Å². The molecule has 0 aliphatic rings. The molecule has 0 heterocycles. The van der Waals surface area contributed by atoms with Gasteiger partial charge in [-0.1, -0.05) is 41.9 Å². The number of rotatable bonds is 7. The summed E-state index contributed by atoms with van der Waals surface area (Å²) in [6.07, 6.45) is 0. The number of sulfonamides is 1. The molecule has 29 heavy (non-hydrogen) atoms. The number of methoxy groups -OCH3 is 1. The molecular formula is C21H18ClNO4S2. The predicted molar refractivity (Wildman–Crippen MR) is 116 cm³/mol.